The maximum absolute atomic E-state index is 4.53. The van der Waals surface area contributed by atoms with E-state index in [2.05, 4.69) is 4.12 Å². The van der Waals surface area contributed by atoms with Gasteiger partial charge in [0, 0.05) is 0 Å². The maximum atomic E-state index is 4.53. The van der Waals surface area contributed by atoms with Crippen molar-refractivity contribution in [1.29, 1.82) is 0 Å². The summed E-state index contributed by atoms with van der Waals surface area (Å²) in [6.45, 7) is 0. The van der Waals surface area contributed by atoms with Crippen LogP contribution in [0.25, 0.3) is 0 Å². The van der Waals surface area contributed by atoms with E-state index in [-0.39, 0.29) is 0 Å². The molecule has 0 N–H and O–H groups in total. The molecular weight excluding hydrogens is 144 g/mol. The van der Waals surface area contributed by atoms with Crippen LogP contribution >= 0.6 is 0 Å². The number of rotatable bonds is 0. The molecule has 50 valence electrons. The van der Waals surface area contributed by atoms with Gasteiger partial charge in [0.15, 0.2) is 0 Å². The van der Waals surface area contributed by atoms with Gasteiger partial charge >= 0.3 is 0 Å². The average Bonchev–Trinajstić information content (AvgIpc) is 1.93. The van der Waals surface area contributed by atoms with Gasteiger partial charge in [-0.2, -0.15) is 0 Å². The molecule has 1 aromatic rings. The molecule has 9 heavy (non-hydrogen) atoms. The topological polar surface area (TPSA) is 9.23 Å². The molecule has 1 rings (SSSR count). The van der Waals surface area contributed by atoms with Gasteiger partial charge in [0.25, 0.3) is 0 Å². The number of hydrogen-bond acceptors (Lipinski definition) is 1. The van der Waals surface area contributed by atoms with Crippen molar-refractivity contribution in [3.05, 3.63) is 36.4 Å². The number of benzene rings is 1. The fourth-order valence-electron chi connectivity index (χ4n) is 0.385. The molecule has 0 atom stereocenters. The van der Waals surface area contributed by atoms with Crippen LogP contribution < -0.4 is 0 Å². The maximum Gasteiger partial charge on any atom is 0.129 e. The molecule has 0 fully saturated rings. The zero-order valence-corrected chi connectivity index (χ0v) is 9.87. The number of hydrogen-bond donors (Lipinski definition) is 0. The molecule has 3 heteroatoms. The SMILES string of the molecule is [SiH3]O[SiH3].c1ccccc1. The molecule has 0 saturated heterocycles. The highest BCUT2D eigenvalue weighted by atomic mass is 28.3. The van der Waals surface area contributed by atoms with Crippen molar-refractivity contribution in [3.8, 4) is 0 Å². The van der Waals surface area contributed by atoms with Crippen LogP contribution in [0.4, 0.5) is 0 Å². The lowest BCUT2D eigenvalue weighted by Gasteiger charge is -1.69. The van der Waals surface area contributed by atoms with E-state index in [1.165, 1.54) is 0 Å². The Labute approximate surface area is 62.1 Å². The standard InChI is InChI=1S/C6H6.H6OSi2/c1-2-4-6-5-3-1;2-1-3/h1-6H;2-3H3. The second-order valence-corrected chi connectivity index (χ2v) is 4.83. The molecule has 0 spiro atoms. The molecule has 0 saturated carbocycles. The van der Waals surface area contributed by atoms with Gasteiger partial charge in [-0.15, -0.1) is 0 Å². The summed E-state index contributed by atoms with van der Waals surface area (Å²) in [4.78, 5) is 0. The van der Waals surface area contributed by atoms with E-state index in [1.807, 2.05) is 36.4 Å². The summed E-state index contributed by atoms with van der Waals surface area (Å²) in [7, 11) is 1.86. The predicted octanol–water partition coefficient (Wildman–Crippen LogP) is -0.750. The van der Waals surface area contributed by atoms with Gasteiger partial charge < -0.3 is 4.12 Å². The summed E-state index contributed by atoms with van der Waals surface area (Å²) in [6.07, 6.45) is 0. The van der Waals surface area contributed by atoms with Gasteiger partial charge in [0.1, 0.15) is 21.0 Å². The fraction of sp³-hybridized carbons (Fsp3) is 0. The third kappa shape index (κ3) is 7.61. The second kappa shape index (κ2) is 7.61. The highest BCUT2D eigenvalue weighted by molar-refractivity contribution is 6.15. The van der Waals surface area contributed by atoms with Crippen LogP contribution in [0, 0.1) is 0 Å². The zero-order valence-electron chi connectivity index (χ0n) is 5.87. The molecule has 1 nitrogen and oxygen atoms in total. The lowest BCUT2D eigenvalue weighted by atomic mass is 10.4. The molecule has 1 aromatic carbocycles. The summed E-state index contributed by atoms with van der Waals surface area (Å²) >= 11 is 0. The Balaban J connectivity index is 0.000000187. The van der Waals surface area contributed by atoms with Gasteiger partial charge in [-0.3, -0.25) is 0 Å². The Hall–Kier alpha value is -0.386. The first-order valence-corrected chi connectivity index (χ1v) is 4.45. The van der Waals surface area contributed by atoms with Gasteiger partial charge in [0.2, 0.25) is 0 Å². The van der Waals surface area contributed by atoms with Crippen molar-refractivity contribution in [2.24, 2.45) is 0 Å². The molecule has 0 radical (unpaired) electrons. The third-order valence-corrected chi connectivity index (χ3v) is 0.667. The van der Waals surface area contributed by atoms with E-state index in [4.69, 9.17) is 0 Å². The zero-order chi connectivity index (χ0) is 6.95. The average molecular weight is 156 g/mol. The quantitative estimate of drug-likeness (QED) is 0.449. The van der Waals surface area contributed by atoms with E-state index in [0.717, 1.165) is 21.0 Å². The van der Waals surface area contributed by atoms with Crippen LogP contribution in [0.3, 0.4) is 0 Å². The van der Waals surface area contributed by atoms with Crippen LogP contribution in [0.1, 0.15) is 0 Å². The summed E-state index contributed by atoms with van der Waals surface area (Å²) < 4.78 is 4.53. The minimum absolute atomic E-state index is 0.931. The van der Waals surface area contributed by atoms with Crippen LogP contribution in [0.5, 0.6) is 0 Å². The van der Waals surface area contributed by atoms with Gasteiger partial charge in [-0.05, 0) is 0 Å². The third-order valence-electron chi connectivity index (χ3n) is 0.667. The first-order chi connectivity index (χ1) is 4.41. The smallest absolute Gasteiger partial charge is 0.129 e. The summed E-state index contributed by atoms with van der Waals surface area (Å²) in [5.41, 5.74) is 0. The molecule has 0 aliphatic rings. The van der Waals surface area contributed by atoms with E-state index >= 15 is 0 Å². The lowest BCUT2D eigenvalue weighted by molar-refractivity contribution is 0.690. The Bertz CT molecular complexity index is 93.9. The lowest BCUT2D eigenvalue weighted by Crippen LogP contribution is -1.65. The second-order valence-electron chi connectivity index (χ2n) is 1.56. The largest absolute Gasteiger partial charge is 0.471 e. The summed E-state index contributed by atoms with van der Waals surface area (Å²) in [5.74, 6) is 0. The van der Waals surface area contributed by atoms with Crippen molar-refractivity contribution < 1.29 is 4.12 Å². The fourth-order valence-corrected chi connectivity index (χ4v) is 0.385. The van der Waals surface area contributed by atoms with Crippen molar-refractivity contribution in [2.75, 3.05) is 0 Å². The molecule has 0 amide bonds. The first-order valence-electron chi connectivity index (χ1n) is 2.82. The van der Waals surface area contributed by atoms with Crippen LogP contribution in [-0.2, 0) is 4.12 Å². The molecule has 0 unspecified atom stereocenters. The van der Waals surface area contributed by atoms with Crippen molar-refractivity contribution in [1.82, 2.24) is 0 Å². The molecule has 0 aromatic heterocycles. The summed E-state index contributed by atoms with van der Waals surface area (Å²) in [6, 6.07) is 12.0. The Kier molecular flexibility index (Phi) is 7.29. The van der Waals surface area contributed by atoms with E-state index in [1.54, 1.807) is 0 Å². The van der Waals surface area contributed by atoms with E-state index in [0.29, 0.717) is 0 Å². The Morgan fingerprint density at radius 2 is 0.778 bits per heavy atom. The minimum Gasteiger partial charge on any atom is -0.471 e. The first kappa shape index (κ1) is 8.61. The molecule has 0 bridgehead atoms. The van der Waals surface area contributed by atoms with Crippen molar-refractivity contribution in [2.45, 2.75) is 0 Å². The Morgan fingerprint density at radius 3 is 0.889 bits per heavy atom. The monoisotopic (exact) mass is 156 g/mol. The van der Waals surface area contributed by atoms with Crippen molar-refractivity contribution >= 4 is 21.0 Å². The molecular formula is C6H12OSi2. The summed E-state index contributed by atoms with van der Waals surface area (Å²) in [5, 5.41) is 0. The molecule has 0 heterocycles. The van der Waals surface area contributed by atoms with Gasteiger partial charge in [-0.25, -0.2) is 0 Å². The Morgan fingerprint density at radius 1 is 0.667 bits per heavy atom. The highest BCUT2D eigenvalue weighted by Crippen LogP contribution is 1.79. The van der Waals surface area contributed by atoms with Gasteiger partial charge in [0.05, 0.1) is 0 Å². The highest BCUT2D eigenvalue weighted by Gasteiger charge is 1.57. The van der Waals surface area contributed by atoms with Crippen LogP contribution in [0.2, 0.25) is 0 Å². The molecule has 0 aliphatic carbocycles. The normalized spacial score (nSPS) is 8.00. The van der Waals surface area contributed by atoms with Crippen LogP contribution in [0.15, 0.2) is 36.4 Å². The van der Waals surface area contributed by atoms with E-state index < -0.39 is 0 Å². The molecule has 0 aliphatic heterocycles. The van der Waals surface area contributed by atoms with Crippen LogP contribution in [-0.4, -0.2) is 21.0 Å². The predicted molar refractivity (Wildman–Crippen MR) is 47.4 cm³/mol. The van der Waals surface area contributed by atoms with Crippen molar-refractivity contribution in [3.63, 3.8) is 0 Å². The van der Waals surface area contributed by atoms with E-state index in [9.17, 15) is 0 Å². The minimum atomic E-state index is 0.931. The van der Waals surface area contributed by atoms with Gasteiger partial charge in [-0.1, -0.05) is 36.4 Å².